The third-order valence-electron chi connectivity index (χ3n) is 5.42. The molecule has 0 fully saturated rings. The van der Waals surface area contributed by atoms with Crippen LogP contribution in [0.4, 0.5) is 5.69 Å². The topological polar surface area (TPSA) is 92.2 Å². The average molecular weight is 419 g/mol. The molecule has 2 aromatic carbocycles. The number of anilines is 1. The van der Waals surface area contributed by atoms with Gasteiger partial charge in [-0.05, 0) is 31.0 Å². The molecule has 2 heterocycles. The van der Waals surface area contributed by atoms with Crippen molar-refractivity contribution in [1.29, 1.82) is 0 Å². The van der Waals surface area contributed by atoms with E-state index in [1.54, 1.807) is 0 Å². The highest BCUT2D eigenvalue weighted by Crippen LogP contribution is 2.21. The van der Waals surface area contributed by atoms with Gasteiger partial charge in [0.15, 0.2) is 11.4 Å². The Morgan fingerprint density at radius 2 is 1.87 bits per heavy atom. The van der Waals surface area contributed by atoms with Crippen molar-refractivity contribution in [3.63, 3.8) is 0 Å². The lowest BCUT2D eigenvalue weighted by molar-refractivity contribution is 0.0876. The molecule has 3 aromatic rings. The summed E-state index contributed by atoms with van der Waals surface area (Å²) in [6.45, 7) is 4.74. The van der Waals surface area contributed by atoms with Gasteiger partial charge in [-0.2, -0.15) is 0 Å². The number of carbonyl (C=O) groups excluding carboxylic acids is 2. The van der Waals surface area contributed by atoms with Gasteiger partial charge in [-0.25, -0.2) is 4.68 Å². The van der Waals surface area contributed by atoms with Crippen molar-refractivity contribution in [2.24, 2.45) is 0 Å². The fraction of sp³-hybridized carbons (Fsp3) is 0.304. The Labute approximate surface area is 181 Å². The number of hydrogen-bond acceptors (Lipinski definition) is 5. The first-order chi connectivity index (χ1) is 15.2. The molecule has 1 aromatic heterocycles. The van der Waals surface area contributed by atoms with Gasteiger partial charge in [0.2, 0.25) is 0 Å². The van der Waals surface area contributed by atoms with Crippen molar-refractivity contribution in [2.75, 3.05) is 24.5 Å². The maximum absolute atomic E-state index is 12.7. The molecular weight excluding hydrogens is 392 g/mol. The maximum atomic E-state index is 12.7. The Balaban J connectivity index is 1.34. The summed E-state index contributed by atoms with van der Waals surface area (Å²) in [5.41, 5.74) is 2.43. The number of amides is 2. The summed E-state index contributed by atoms with van der Waals surface area (Å²) >= 11 is 0. The molecule has 4 rings (SSSR count). The molecule has 8 heteroatoms. The number of fused-ring (bicyclic) bond motifs is 1. The monoisotopic (exact) mass is 418 g/mol. The SMILES string of the molecule is CCN(CCCNC(=O)c1nnn2c1C(=O)NC(c1ccccc1)C2)c1ccccc1. The summed E-state index contributed by atoms with van der Waals surface area (Å²) in [5, 5.41) is 13.9. The van der Waals surface area contributed by atoms with E-state index >= 15 is 0 Å². The molecule has 0 radical (unpaired) electrons. The zero-order valence-corrected chi connectivity index (χ0v) is 17.5. The second-order valence-electron chi connectivity index (χ2n) is 7.43. The summed E-state index contributed by atoms with van der Waals surface area (Å²) in [6.07, 6.45) is 0.778. The Morgan fingerprint density at radius 3 is 2.58 bits per heavy atom. The van der Waals surface area contributed by atoms with E-state index in [1.807, 2.05) is 48.5 Å². The number of hydrogen-bond donors (Lipinski definition) is 2. The van der Waals surface area contributed by atoms with Crippen molar-refractivity contribution in [1.82, 2.24) is 25.6 Å². The van der Waals surface area contributed by atoms with Crippen LogP contribution in [-0.4, -0.2) is 46.4 Å². The zero-order chi connectivity index (χ0) is 21.6. The van der Waals surface area contributed by atoms with E-state index in [-0.39, 0.29) is 29.2 Å². The van der Waals surface area contributed by atoms with E-state index in [9.17, 15) is 9.59 Å². The largest absolute Gasteiger partial charge is 0.372 e. The smallest absolute Gasteiger partial charge is 0.274 e. The van der Waals surface area contributed by atoms with Crippen LogP contribution >= 0.6 is 0 Å². The molecule has 1 unspecified atom stereocenters. The first-order valence-electron chi connectivity index (χ1n) is 10.5. The van der Waals surface area contributed by atoms with Crippen LogP contribution < -0.4 is 15.5 Å². The molecule has 0 spiro atoms. The molecule has 160 valence electrons. The fourth-order valence-corrected chi connectivity index (χ4v) is 3.80. The summed E-state index contributed by atoms with van der Waals surface area (Å²) in [4.78, 5) is 27.6. The van der Waals surface area contributed by atoms with Crippen LogP contribution in [0.1, 0.15) is 45.9 Å². The summed E-state index contributed by atoms with van der Waals surface area (Å²) < 4.78 is 1.51. The van der Waals surface area contributed by atoms with Gasteiger partial charge >= 0.3 is 0 Å². The highest BCUT2D eigenvalue weighted by atomic mass is 16.2. The molecule has 1 atom stereocenters. The third-order valence-corrected chi connectivity index (χ3v) is 5.42. The lowest BCUT2D eigenvalue weighted by atomic mass is 10.0. The molecule has 8 nitrogen and oxygen atoms in total. The molecule has 0 saturated carbocycles. The van der Waals surface area contributed by atoms with E-state index in [4.69, 9.17) is 0 Å². The van der Waals surface area contributed by atoms with E-state index in [2.05, 4.69) is 44.9 Å². The number of nitrogens with one attached hydrogen (secondary N) is 2. The van der Waals surface area contributed by atoms with Gasteiger partial charge in [0.25, 0.3) is 11.8 Å². The van der Waals surface area contributed by atoms with Gasteiger partial charge in [0.05, 0.1) is 12.6 Å². The second kappa shape index (κ2) is 9.42. The summed E-state index contributed by atoms with van der Waals surface area (Å²) in [6, 6.07) is 19.7. The number of para-hydroxylation sites is 1. The Bertz CT molecular complexity index is 1030. The first-order valence-corrected chi connectivity index (χ1v) is 10.5. The summed E-state index contributed by atoms with van der Waals surface area (Å²) in [7, 11) is 0. The van der Waals surface area contributed by atoms with E-state index < -0.39 is 0 Å². The fourth-order valence-electron chi connectivity index (χ4n) is 3.80. The molecule has 2 amide bonds. The first kappa shape index (κ1) is 20.6. The van der Waals surface area contributed by atoms with Crippen LogP contribution in [0.5, 0.6) is 0 Å². The lowest BCUT2D eigenvalue weighted by Crippen LogP contribution is -2.40. The van der Waals surface area contributed by atoms with Crippen LogP contribution in [0, 0.1) is 0 Å². The van der Waals surface area contributed by atoms with Crippen LogP contribution in [0.25, 0.3) is 0 Å². The molecule has 2 N–H and O–H groups in total. The van der Waals surface area contributed by atoms with Crippen molar-refractivity contribution in [3.8, 4) is 0 Å². The van der Waals surface area contributed by atoms with E-state index in [0.29, 0.717) is 13.1 Å². The van der Waals surface area contributed by atoms with Gasteiger partial charge < -0.3 is 15.5 Å². The lowest BCUT2D eigenvalue weighted by Gasteiger charge is -2.24. The normalized spacial score (nSPS) is 15.1. The Kier molecular flexibility index (Phi) is 6.26. The highest BCUT2D eigenvalue weighted by molar-refractivity contribution is 6.05. The minimum Gasteiger partial charge on any atom is -0.372 e. The van der Waals surface area contributed by atoms with E-state index in [1.165, 1.54) is 4.68 Å². The van der Waals surface area contributed by atoms with Crippen molar-refractivity contribution in [2.45, 2.75) is 25.9 Å². The van der Waals surface area contributed by atoms with Gasteiger partial charge in [-0.1, -0.05) is 53.7 Å². The van der Waals surface area contributed by atoms with Crippen molar-refractivity contribution in [3.05, 3.63) is 77.6 Å². The minimum absolute atomic E-state index is 0.0689. The summed E-state index contributed by atoms with van der Waals surface area (Å²) in [5.74, 6) is -0.714. The average Bonchev–Trinajstić information content (AvgIpc) is 3.25. The Hall–Kier alpha value is -3.68. The number of rotatable bonds is 8. The number of aromatic nitrogens is 3. The maximum Gasteiger partial charge on any atom is 0.274 e. The number of carbonyl (C=O) groups is 2. The zero-order valence-electron chi connectivity index (χ0n) is 17.5. The van der Waals surface area contributed by atoms with Gasteiger partial charge in [-0.3, -0.25) is 9.59 Å². The van der Waals surface area contributed by atoms with Gasteiger partial charge in [-0.15, -0.1) is 5.10 Å². The number of benzene rings is 2. The third kappa shape index (κ3) is 4.58. The predicted molar refractivity (Wildman–Crippen MR) is 118 cm³/mol. The van der Waals surface area contributed by atoms with Crippen LogP contribution in [0.3, 0.4) is 0 Å². The molecule has 1 aliphatic heterocycles. The Morgan fingerprint density at radius 1 is 1.16 bits per heavy atom. The minimum atomic E-state index is -0.377. The quantitative estimate of drug-likeness (QED) is 0.548. The van der Waals surface area contributed by atoms with Crippen LogP contribution in [-0.2, 0) is 6.54 Å². The molecule has 1 aliphatic rings. The predicted octanol–water partition coefficient (Wildman–Crippen LogP) is 2.41. The van der Waals surface area contributed by atoms with Crippen LogP contribution in [0.2, 0.25) is 0 Å². The van der Waals surface area contributed by atoms with Crippen molar-refractivity contribution >= 4 is 17.5 Å². The van der Waals surface area contributed by atoms with E-state index in [0.717, 1.165) is 30.8 Å². The van der Waals surface area contributed by atoms with Crippen LogP contribution in [0.15, 0.2) is 60.7 Å². The van der Waals surface area contributed by atoms with Gasteiger partial charge in [0, 0.05) is 25.3 Å². The molecule has 0 aliphatic carbocycles. The standard InChI is InChI=1S/C23H26N6O2/c1-2-28(18-12-7-4-8-13-18)15-9-14-24-22(30)20-21-23(31)25-19(16-29(21)27-26-20)17-10-5-3-6-11-17/h3-8,10-13,19H,2,9,14-16H2,1H3,(H,24,30)(H,25,31). The molecule has 0 saturated heterocycles. The number of nitrogens with zero attached hydrogens (tertiary/aromatic N) is 4. The molecular formula is C23H26N6O2. The van der Waals surface area contributed by atoms with Gasteiger partial charge in [0.1, 0.15) is 0 Å². The highest BCUT2D eigenvalue weighted by Gasteiger charge is 2.32. The van der Waals surface area contributed by atoms with Crippen molar-refractivity contribution < 1.29 is 9.59 Å². The molecule has 31 heavy (non-hydrogen) atoms. The molecule has 0 bridgehead atoms. The second-order valence-corrected chi connectivity index (χ2v) is 7.43.